The van der Waals surface area contributed by atoms with Crippen LogP contribution in [-0.2, 0) is 9.47 Å². The maximum Gasteiger partial charge on any atom is 0.407 e. The molecule has 1 unspecified atom stereocenters. The summed E-state index contributed by atoms with van der Waals surface area (Å²) < 4.78 is 10.1. The quantitative estimate of drug-likeness (QED) is 0.864. The molecule has 0 aliphatic carbocycles. The van der Waals surface area contributed by atoms with Crippen molar-refractivity contribution in [1.29, 1.82) is 0 Å². The summed E-state index contributed by atoms with van der Waals surface area (Å²) in [4.78, 5) is 13.5. The highest BCUT2D eigenvalue weighted by Crippen LogP contribution is 2.24. The van der Waals surface area contributed by atoms with Gasteiger partial charge in [0.05, 0.1) is 13.2 Å². The normalized spacial score (nSPS) is 12.2. The van der Waals surface area contributed by atoms with Crippen LogP contribution in [0.25, 0.3) is 0 Å². The minimum atomic E-state index is -0.405. The van der Waals surface area contributed by atoms with E-state index >= 15 is 0 Å². The summed E-state index contributed by atoms with van der Waals surface area (Å²) >= 11 is 1.67. The lowest BCUT2D eigenvalue weighted by atomic mass is 10.3. The summed E-state index contributed by atoms with van der Waals surface area (Å²) in [6.07, 6.45) is -0.513. The van der Waals surface area contributed by atoms with E-state index in [9.17, 15) is 4.79 Å². The van der Waals surface area contributed by atoms with Crippen LogP contribution in [0.15, 0.2) is 12.1 Å². The number of alkyl carbamates (subject to hydrolysis) is 1. The molecule has 1 amide bonds. The summed E-state index contributed by atoms with van der Waals surface area (Å²) in [7, 11) is 1.63. The van der Waals surface area contributed by atoms with Crippen molar-refractivity contribution in [2.75, 3.05) is 20.3 Å². The van der Waals surface area contributed by atoms with E-state index in [1.54, 1.807) is 25.4 Å². The molecular weight excluding hydrogens is 226 g/mol. The molecule has 0 saturated carbocycles. The van der Waals surface area contributed by atoms with Gasteiger partial charge in [-0.25, -0.2) is 4.79 Å². The zero-order valence-electron chi connectivity index (χ0n) is 9.78. The lowest BCUT2D eigenvalue weighted by Crippen LogP contribution is -2.29. The van der Waals surface area contributed by atoms with E-state index in [0.717, 1.165) is 4.88 Å². The largest absolute Gasteiger partial charge is 0.450 e. The number of carbonyl (C=O) groups excluding carboxylic acids is 1. The molecule has 1 heterocycles. The Bertz CT molecular complexity index is 338. The van der Waals surface area contributed by atoms with Crippen LogP contribution in [0.2, 0.25) is 0 Å². The molecule has 0 radical (unpaired) electrons. The number of nitrogens with one attached hydrogen (secondary N) is 1. The highest BCUT2D eigenvalue weighted by atomic mass is 32.1. The van der Waals surface area contributed by atoms with Gasteiger partial charge < -0.3 is 14.8 Å². The first-order valence-electron chi connectivity index (χ1n) is 5.17. The van der Waals surface area contributed by atoms with Gasteiger partial charge in [-0.1, -0.05) is 0 Å². The van der Waals surface area contributed by atoms with E-state index < -0.39 is 6.09 Å². The number of hydrogen-bond donors (Lipinski definition) is 1. The highest BCUT2D eigenvalue weighted by Gasteiger charge is 2.13. The Kier molecular flexibility index (Phi) is 5.28. The van der Waals surface area contributed by atoms with Crippen LogP contribution >= 0.6 is 11.3 Å². The lowest BCUT2D eigenvalue weighted by Gasteiger charge is -2.14. The van der Waals surface area contributed by atoms with Crippen molar-refractivity contribution in [3.05, 3.63) is 21.9 Å². The number of rotatable bonds is 5. The summed E-state index contributed by atoms with van der Waals surface area (Å²) in [5, 5.41) is 2.66. The van der Waals surface area contributed by atoms with Crippen LogP contribution in [0.4, 0.5) is 4.79 Å². The van der Waals surface area contributed by atoms with Gasteiger partial charge >= 0.3 is 6.09 Å². The first-order chi connectivity index (χ1) is 7.67. The Morgan fingerprint density at radius 2 is 2.31 bits per heavy atom. The minimum Gasteiger partial charge on any atom is -0.450 e. The van der Waals surface area contributed by atoms with Crippen molar-refractivity contribution in [3.8, 4) is 0 Å². The van der Waals surface area contributed by atoms with Crippen LogP contribution in [0, 0.1) is 6.92 Å². The van der Waals surface area contributed by atoms with Gasteiger partial charge in [-0.3, -0.25) is 0 Å². The first-order valence-corrected chi connectivity index (χ1v) is 5.98. The maximum absolute atomic E-state index is 11.1. The van der Waals surface area contributed by atoms with E-state index in [-0.39, 0.29) is 6.10 Å². The molecule has 1 N–H and O–H groups in total. The van der Waals surface area contributed by atoms with Gasteiger partial charge in [-0.05, 0) is 26.0 Å². The van der Waals surface area contributed by atoms with Gasteiger partial charge in [0.1, 0.15) is 6.10 Å². The van der Waals surface area contributed by atoms with Crippen LogP contribution in [0.5, 0.6) is 0 Å². The topological polar surface area (TPSA) is 47.6 Å². The third kappa shape index (κ3) is 3.83. The molecule has 4 nitrogen and oxygen atoms in total. The molecule has 0 bridgehead atoms. The second kappa shape index (κ2) is 6.50. The number of carbonyl (C=O) groups is 1. The van der Waals surface area contributed by atoms with Gasteiger partial charge in [0.2, 0.25) is 0 Å². The smallest absolute Gasteiger partial charge is 0.407 e. The number of methoxy groups -OCH3 is 1. The van der Waals surface area contributed by atoms with Crippen molar-refractivity contribution in [2.45, 2.75) is 20.0 Å². The summed E-state index contributed by atoms with van der Waals surface area (Å²) in [6, 6.07) is 4.05. The monoisotopic (exact) mass is 243 g/mol. The van der Waals surface area contributed by atoms with Crippen molar-refractivity contribution in [3.63, 3.8) is 0 Å². The SMILES string of the molecule is CCOC(=O)NCC(OC)c1ccc(C)s1. The van der Waals surface area contributed by atoms with E-state index in [2.05, 4.69) is 5.32 Å². The van der Waals surface area contributed by atoms with Crippen molar-refractivity contribution in [2.24, 2.45) is 0 Å². The first kappa shape index (κ1) is 13.0. The molecule has 0 fully saturated rings. The predicted molar refractivity (Wildman–Crippen MR) is 63.8 cm³/mol. The Morgan fingerprint density at radius 1 is 1.56 bits per heavy atom. The zero-order chi connectivity index (χ0) is 12.0. The number of ether oxygens (including phenoxy) is 2. The van der Waals surface area contributed by atoms with Crippen molar-refractivity contribution >= 4 is 17.4 Å². The number of amides is 1. The van der Waals surface area contributed by atoms with E-state index in [1.165, 1.54) is 4.88 Å². The fourth-order valence-electron chi connectivity index (χ4n) is 1.28. The maximum atomic E-state index is 11.1. The van der Waals surface area contributed by atoms with Crippen LogP contribution in [0.1, 0.15) is 22.8 Å². The van der Waals surface area contributed by atoms with Crippen LogP contribution in [0.3, 0.4) is 0 Å². The molecule has 90 valence electrons. The fraction of sp³-hybridized carbons (Fsp3) is 0.545. The van der Waals surface area contributed by atoms with E-state index in [1.807, 2.05) is 19.1 Å². The van der Waals surface area contributed by atoms with Gasteiger partial charge in [-0.15, -0.1) is 11.3 Å². The zero-order valence-corrected chi connectivity index (χ0v) is 10.6. The number of thiophene rings is 1. The molecule has 0 aliphatic heterocycles. The lowest BCUT2D eigenvalue weighted by molar-refractivity contribution is 0.0980. The van der Waals surface area contributed by atoms with Gasteiger partial charge in [-0.2, -0.15) is 0 Å². The van der Waals surface area contributed by atoms with Crippen molar-refractivity contribution < 1.29 is 14.3 Å². The number of hydrogen-bond acceptors (Lipinski definition) is 4. The molecule has 1 atom stereocenters. The molecule has 1 rings (SSSR count). The molecule has 0 aliphatic rings. The van der Waals surface area contributed by atoms with Crippen LogP contribution < -0.4 is 5.32 Å². The molecule has 16 heavy (non-hydrogen) atoms. The minimum absolute atomic E-state index is 0.108. The average molecular weight is 243 g/mol. The second-order valence-electron chi connectivity index (χ2n) is 3.27. The molecule has 0 spiro atoms. The van der Waals surface area contributed by atoms with Gasteiger partial charge in [0, 0.05) is 16.9 Å². The van der Waals surface area contributed by atoms with Gasteiger partial charge in [0.25, 0.3) is 0 Å². The molecule has 1 aromatic heterocycles. The highest BCUT2D eigenvalue weighted by molar-refractivity contribution is 7.12. The Morgan fingerprint density at radius 3 is 2.81 bits per heavy atom. The molecule has 0 aromatic carbocycles. The summed E-state index contributed by atoms with van der Waals surface area (Å²) in [5.74, 6) is 0. The fourth-order valence-corrected chi connectivity index (χ4v) is 2.24. The summed E-state index contributed by atoms with van der Waals surface area (Å²) in [5.41, 5.74) is 0. The molecular formula is C11H17NO3S. The Balaban J connectivity index is 2.46. The second-order valence-corrected chi connectivity index (χ2v) is 4.59. The van der Waals surface area contributed by atoms with E-state index in [4.69, 9.17) is 9.47 Å². The molecule has 5 heteroatoms. The van der Waals surface area contributed by atoms with Crippen molar-refractivity contribution in [1.82, 2.24) is 5.32 Å². The standard InChI is InChI=1S/C11H17NO3S/c1-4-15-11(13)12-7-9(14-3)10-6-5-8(2)16-10/h5-6,9H,4,7H2,1-3H3,(H,12,13). The molecule has 0 saturated heterocycles. The third-order valence-electron chi connectivity index (χ3n) is 2.07. The molecule has 1 aromatic rings. The Hall–Kier alpha value is -1.07. The van der Waals surface area contributed by atoms with Gasteiger partial charge in [0.15, 0.2) is 0 Å². The number of aryl methyl sites for hydroxylation is 1. The third-order valence-corrected chi connectivity index (χ3v) is 3.16. The Labute approximate surface area is 99.6 Å². The predicted octanol–water partition coefficient (Wildman–Crippen LogP) is 2.49. The summed E-state index contributed by atoms with van der Waals surface area (Å²) in [6.45, 7) is 4.62. The van der Waals surface area contributed by atoms with E-state index in [0.29, 0.717) is 13.2 Å². The average Bonchev–Trinajstić information content (AvgIpc) is 2.66. The van der Waals surface area contributed by atoms with Crippen LogP contribution in [-0.4, -0.2) is 26.4 Å².